The Bertz CT molecular complexity index is 688. The standard InChI is InChI=1S/C16H25N3O5S/c1-5-17-15(20)12(3)18-16(21)13-6-8-14(9-7-13)25(22,23)19-11(2)10-24-4/h6-9,11-12,19H,5,10H2,1-4H3,(H,17,20)(H,18,21)/t11-,12+/m1/s1. The second-order valence-corrected chi connectivity index (χ2v) is 7.31. The number of carbonyl (C=O) groups is 2. The SMILES string of the molecule is CCNC(=O)[C@H](C)NC(=O)c1ccc(S(=O)(=O)N[C@H](C)COC)cc1. The third-order valence-electron chi connectivity index (χ3n) is 3.29. The minimum Gasteiger partial charge on any atom is -0.383 e. The van der Waals surface area contributed by atoms with Crippen LogP contribution in [0.4, 0.5) is 0 Å². The highest BCUT2D eigenvalue weighted by molar-refractivity contribution is 7.89. The van der Waals surface area contributed by atoms with Crippen molar-refractivity contribution in [1.82, 2.24) is 15.4 Å². The summed E-state index contributed by atoms with van der Waals surface area (Å²) in [5, 5.41) is 5.16. The summed E-state index contributed by atoms with van der Waals surface area (Å²) in [6, 6.07) is 4.41. The molecule has 0 heterocycles. The van der Waals surface area contributed by atoms with Gasteiger partial charge in [-0.2, -0.15) is 0 Å². The normalized spacial score (nSPS) is 13.8. The Labute approximate surface area is 148 Å². The molecular formula is C16H25N3O5S. The zero-order chi connectivity index (χ0) is 19.0. The molecule has 2 amide bonds. The van der Waals surface area contributed by atoms with Crippen LogP contribution in [0, 0.1) is 0 Å². The lowest BCUT2D eigenvalue weighted by Crippen LogP contribution is -2.44. The van der Waals surface area contributed by atoms with E-state index in [1.807, 2.05) is 0 Å². The van der Waals surface area contributed by atoms with Gasteiger partial charge in [-0.25, -0.2) is 13.1 Å². The molecule has 0 aromatic heterocycles. The molecule has 0 saturated heterocycles. The van der Waals surface area contributed by atoms with Gasteiger partial charge in [-0.15, -0.1) is 0 Å². The molecule has 0 unspecified atom stereocenters. The van der Waals surface area contributed by atoms with Gasteiger partial charge in [0, 0.05) is 25.3 Å². The van der Waals surface area contributed by atoms with Crippen LogP contribution in [0.25, 0.3) is 0 Å². The van der Waals surface area contributed by atoms with Gasteiger partial charge in [0.05, 0.1) is 11.5 Å². The molecule has 0 radical (unpaired) electrons. The molecule has 0 fully saturated rings. The Balaban J connectivity index is 2.78. The number of hydrogen-bond acceptors (Lipinski definition) is 5. The van der Waals surface area contributed by atoms with Crippen LogP contribution in [0.15, 0.2) is 29.2 Å². The number of nitrogens with one attached hydrogen (secondary N) is 3. The Hall–Kier alpha value is -1.97. The number of likely N-dealkylation sites (N-methyl/N-ethyl adjacent to an activating group) is 1. The number of benzene rings is 1. The van der Waals surface area contributed by atoms with Crippen molar-refractivity contribution in [2.24, 2.45) is 0 Å². The van der Waals surface area contributed by atoms with Gasteiger partial charge in [-0.05, 0) is 45.0 Å². The van der Waals surface area contributed by atoms with E-state index in [-0.39, 0.29) is 29.0 Å². The number of methoxy groups -OCH3 is 1. The molecular weight excluding hydrogens is 346 g/mol. The van der Waals surface area contributed by atoms with Crippen molar-refractivity contribution >= 4 is 21.8 Å². The highest BCUT2D eigenvalue weighted by Crippen LogP contribution is 2.11. The molecule has 8 nitrogen and oxygen atoms in total. The van der Waals surface area contributed by atoms with Gasteiger partial charge in [0.1, 0.15) is 6.04 Å². The Morgan fingerprint density at radius 1 is 1.16 bits per heavy atom. The Morgan fingerprint density at radius 3 is 2.28 bits per heavy atom. The molecule has 2 atom stereocenters. The maximum Gasteiger partial charge on any atom is 0.251 e. The van der Waals surface area contributed by atoms with Crippen molar-refractivity contribution in [1.29, 1.82) is 0 Å². The van der Waals surface area contributed by atoms with Gasteiger partial charge >= 0.3 is 0 Å². The largest absolute Gasteiger partial charge is 0.383 e. The van der Waals surface area contributed by atoms with E-state index in [0.717, 1.165) is 0 Å². The summed E-state index contributed by atoms with van der Waals surface area (Å²) in [6.45, 7) is 5.76. The van der Waals surface area contributed by atoms with Gasteiger partial charge in [0.25, 0.3) is 5.91 Å². The molecule has 0 bridgehead atoms. The number of amides is 2. The van der Waals surface area contributed by atoms with E-state index >= 15 is 0 Å². The van der Waals surface area contributed by atoms with Crippen LogP contribution in [0.2, 0.25) is 0 Å². The molecule has 140 valence electrons. The summed E-state index contributed by atoms with van der Waals surface area (Å²) in [7, 11) is -2.21. The summed E-state index contributed by atoms with van der Waals surface area (Å²) < 4.78 is 31.8. The molecule has 1 aromatic carbocycles. The van der Waals surface area contributed by atoms with Gasteiger partial charge in [-0.3, -0.25) is 9.59 Å². The lowest BCUT2D eigenvalue weighted by Gasteiger charge is -2.14. The smallest absolute Gasteiger partial charge is 0.251 e. The van der Waals surface area contributed by atoms with Gasteiger partial charge < -0.3 is 15.4 Å². The van der Waals surface area contributed by atoms with E-state index in [9.17, 15) is 18.0 Å². The summed E-state index contributed by atoms with van der Waals surface area (Å²) in [6.07, 6.45) is 0. The van der Waals surface area contributed by atoms with Crippen LogP contribution in [0.3, 0.4) is 0 Å². The first kappa shape index (κ1) is 21.1. The molecule has 25 heavy (non-hydrogen) atoms. The molecule has 0 spiro atoms. The number of sulfonamides is 1. The molecule has 3 N–H and O–H groups in total. The Morgan fingerprint density at radius 2 is 1.76 bits per heavy atom. The van der Waals surface area contributed by atoms with E-state index in [0.29, 0.717) is 6.54 Å². The number of carbonyl (C=O) groups excluding carboxylic acids is 2. The quantitative estimate of drug-likeness (QED) is 0.576. The number of rotatable bonds is 9. The topological polar surface area (TPSA) is 114 Å². The minimum absolute atomic E-state index is 0.0452. The third-order valence-corrected chi connectivity index (χ3v) is 4.90. The average Bonchev–Trinajstić information content (AvgIpc) is 2.54. The summed E-state index contributed by atoms with van der Waals surface area (Å²) in [4.78, 5) is 23.8. The highest BCUT2D eigenvalue weighted by Gasteiger charge is 2.19. The lowest BCUT2D eigenvalue weighted by atomic mass is 10.2. The molecule has 0 saturated carbocycles. The summed E-state index contributed by atoms with van der Waals surface area (Å²) in [5.74, 6) is -0.741. The maximum atomic E-state index is 12.2. The first-order chi connectivity index (χ1) is 11.7. The second kappa shape index (κ2) is 9.50. The van der Waals surface area contributed by atoms with Crippen LogP contribution >= 0.6 is 0 Å². The van der Waals surface area contributed by atoms with Crippen LogP contribution in [0.1, 0.15) is 31.1 Å². The van der Waals surface area contributed by atoms with Crippen molar-refractivity contribution in [2.75, 3.05) is 20.3 Å². The van der Waals surface area contributed by atoms with Crippen molar-refractivity contribution in [3.8, 4) is 0 Å². The van der Waals surface area contributed by atoms with Crippen LogP contribution < -0.4 is 15.4 Å². The highest BCUT2D eigenvalue weighted by atomic mass is 32.2. The zero-order valence-corrected chi connectivity index (χ0v) is 15.6. The van der Waals surface area contributed by atoms with E-state index in [1.165, 1.54) is 31.4 Å². The van der Waals surface area contributed by atoms with Crippen LogP contribution in [-0.4, -0.2) is 52.6 Å². The molecule has 0 aliphatic rings. The number of hydrogen-bond donors (Lipinski definition) is 3. The van der Waals surface area contributed by atoms with E-state index < -0.39 is 22.0 Å². The van der Waals surface area contributed by atoms with Crippen molar-refractivity contribution in [3.05, 3.63) is 29.8 Å². The minimum atomic E-state index is -3.69. The lowest BCUT2D eigenvalue weighted by molar-refractivity contribution is -0.122. The first-order valence-corrected chi connectivity index (χ1v) is 9.39. The monoisotopic (exact) mass is 371 g/mol. The van der Waals surface area contributed by atoms with Crippen molar-refractivity contribution in [3.63, 3.8) is 0 Å². The molecule has 9 heteroatoms. The molecule has 0 aliphatic carbocycles. The Kier molecular flexibility index (Phi) is 8.01. The fourth-order valence-electron chi connectivity index (χ4n) is 2.08. The van der Waals surface area contributed by atoms with E-state index in [1.54, 1.807) is 20.8 Å². The van der Waals surface area contributed by atoms with Crippen LogP contribution in [0.5, 0.6) is 0 Å². The summed E-state index contributed by atoms with van der Waals surface area (Å²) in [5.41, 5.74) is 0.264. The van der Waals surface area contributed by atoms with Gasteiger partial charge in [0.2, 0.25) is 15.9 Å². The van der Waals surface area contributed by atoms with Crippen molar-refractivity contribution in [2.45, 2.75) is 37.8 Å². The molecule has 1 aromatic rings. The van der Waals surface area contributed by atoms with Gasteiger partial charge in [0.15, 0.2) is 0 Å². The van der Waals surface area contributed by atoms with Crippen LogP contribution in [-0.2, 0) is 19.6 Å². The predicted octanol–water partition coefficient (Wildman–Crippen LogP) is 0.254. The third kappa shape index (κ3) is 6.45. The zero-order valence-electron chi connectivity index (χ0n) is 14.8. The average molecular weight is 371 g/mol. The number of ether oxygens (including phenoxy) is 1. The van der Waals surface area contributed by atoms with Crippen molar-refractivity contribution < 1.29 is 22.7 Å². The summed E-state index contributed by atoms with van der Waals surface area (Å²) >= 11 is 0. The fourth-order valence-corrected chi connectivity index (χ4v) is 3.30. The van der Waals surface area contributed by atoms with E-state index in [2.05, 4.69) is 15.4 Å². The maximum absolute atomic E-state index is 12.2. The first-order valence-electron chi connectivity index (χ1n) is 7.91. The van der Waals surface area contributed by atoms with E-state index in [4.69, 9.17) is 4.74 Å². The molecule has 1 rings (SSSR count). The fraction of sp³-hybridized carbons (Fsp3) is 0.500. The second-order valence-electron chi connectivity index (χ2n) is 5.59. The van der Waals surface area contributed by atoms with Gasteiger partial charge in [-0.1, -0.05) is 0 Å². The molecule has 0 aliphatic heterocycles. The predicted molar refractivity (Wildman–Crippen MR) is 93.7 cm³/mol.